The third-order valence-electron chi connectivity index (χ3n) is 3.56. The van der Waals surface area contributed by atoms with Crippen molar-refractivity contribution in [3.05, 3.63) is 42.6 Å². The predicted molar refractivity (Wildman–Crippen MR) is 78.7 cm³/mol. The first-order valence-electron chi connectivity index (χ1n) is 6.66. The number of nitrogens with zero attached hydrogens (tertiary/aromatic N) is 1. The first kappa shape index (κ1) is 12.8. The lowest BCUT2D eigenvalue weighted by molar-refractivity contribution is -0.109. The Morgan fingerprint density at radius 2 is 2.30 bits per heavy atom. The Hall–Kier alpha value is -2.20. The normalized spacial score (nSPS) is 21.8. The van der Waals surface area contributed by atoms with Gasteiger partial charge in [-0.05, 0) is 23.1 Å². The van der Waals surface area contributed by atoms with Crippen LogP contribution >= 0.6 is 0 Å². The highest BCUT2D eigenvalue weighted by atomic mass is 16.5. The van der Waals surface area contributed by atoms with E-state index < -0.39 is 0 Å². The van der Waals surface area contributed by atoms with Crippen LogP contribution in [-0.4, -0.2) is 30.0 Å². The van der Waals surface area contributed by atoms with Crippen molar-refractivity contribution in [2.75, 3.05) is 6.54 Å². The fraction of sp³-hybridized carbons (Fsp3) is 0.250. The van der Waals surface area contributed by atoms with E-state index in [0.29, 0.717) is 18.8 Å². The fourth-order valence-electron chi connectivity index (χ4n) is 2.46. The van der Waals surface area contributed by atoms with Crippen LogP contribution in [-0.2, 0) is 4.79 Å². The highest BCUT2D eigenvalue weighted by Gasteiger charge is 2.25. The zero-order valence-electron chi connectivity index (χ0n) is 11.1. The Morgan fingerprint density at radius 1 is 1.40 bits per heavy atom. The van der Waals surface area contributed by atoms with Crippen molar-refractivity contribution in [3.63, 3.8) is 0 Å². The van der Waals surface area contributed by atoms with Gasteiger partial charge in [-0.3, -0.25) is 0 Å². The van der Waals surface area contributed by atoms with Gasteiger partial charge in [0.15, 0.2) is 0 Å². The van der Waals surface area contributed by atoms with E-state index in [1.165, 1.54) is 0 Å². The third-order valence-corrected chi connectivity index (χ3v) is 3.56. The molecule has 4 heteroatoms. The fourth-order valence-corrected chi connectivity index (χ4v) is 2.46. The number of rotatable bonds is 4. The number of benzene rings is 1. The number of nitrogens with one attached hydrogen (secondary N) is 1. The maximum absolute atomic E-state index is 10.8. The molecule has 102 valence electrons. The van der Waals surface area contributed by atoms with Crippen LogP contribution in [0, 0.1) is 0 Å². The maximum atomic E-state index is 10.8. The van der Waals surface area contributed by atoms with Crippen LogP contribution in [0.25, 0.3) is 16.8 Å². The number of carbonyl (C=O) groups excluding carboxylic acids is 1. The van der Waals surface area contributed by atoms with Crippen molar-refractivity contribution in [2.45, 2.75) is 18.6 Å². The molecule has 2 heterocycles. The lowest BCUT2D eigenvalue weighted by atomic mass is 10.1. The van der Waals surface area contributed by atoms with Gasteiger partial charge in [-0.1, -0.05) is 24.8 Å². The minimum absolute atomic E-state index is 0.0179. The maximum Gasteiger partial charge on any atom is 0.221 e. The van der Waals surface area contributed by atoms with Crippen LogP contribution in [0.1, 0.15) is 12.0 Å². The number of hydrogen-bond acceptors (Lipinski definition) is 4. The van der Waals surface area contributed by atoms with E-state index in [2.05, 4.69) is 16.9 Å². The van der Waals surface area contributed by atoms with Crippen molar-refractivity contribution in [2.24, 2.45) is 0 Å². The van der Waals surface area contributed by atoms with Crippen LogP contribution in [0.2, 0.25) is 0 Å². The molecule has 0 bridgehead atoms. The predicted octanol–water partition coefficient (Wildman–Crippen LogP) is 2.19. The molecule has 0 saturated carbocycles. The Morgan fingerprint density at radius 3 is 3.05 bits per heavy atom. The molecule has 1 aromatic carbocycles. The van der Waals surface area contributed by atoms with E-state index in [0.717, 1.165) is 22.6 Å². The number of aldehydes is 1. The average Bonchev–Trinajstić information content (AvgIpc) is 2.95. The van der Waals surface area contributed by atoms with Crippen molar-refractivity contribution in [1.29, 1.82) is 0 Å². The summed E-state index contributed by atoms with van der Waals surface area (Å²) in [5.41, 5.74) is 1.03. The van der Waals surface area contributed by atoms with Gasteiger partial charge < -0.3 is 14.8 Å². The van der Waals surface area contributed by atoms with E-state index in [4.69, 9.17) is 4.74 Å². The lowest BCUT2D eigenvalue weighted by Crippen LogP contribution is -2.23. The van der Waals surface area contributed by atoms with Gasteiger partial charge in [-0.2, -0.15) is 0 Å². The summed E-state index contributed by atoms with van der Waals surface area (Å²) >= 11 is 0. The number of fused-ring (bicyclic) bond motifs is 1. The minimum atomic E-state index is -0.112. The van der Waals surface area contributed by atoms with E-state index in [9.17, 15) is 4.79 Å². The van der Waals surface area contributed by atoms with Crippen LogP contribution < -0.4 is 10.1 Å². The Labute approximate surface area is 117 Å². The molecule has 1 fully saturated rings. The summed E-state index contributed by atoms with van der Waals surface area (Å²) < 4.78 is 5.95. The van der Waals surface area contributed by atoms with Crippen molar-refractivity contribution in [3.8, 4) is 5.88 Å². The molecule has 0 amide bonds. The quantitative estimate of drug-likeness (QED) is 0.864. The summed E-state index contributed by atoms with van der Waals surface area (Å²) in [5, 5.41) is 5.16. The molecular formula is C16H16N2O2. The number of pyridine rings is 1. The summed E-state index contributed by atoms with van der Waals surface area (Å²) in [6.45, 7) is 4.45. The lowest BCUT2D eigenvalue weighted by Gasteiger charge is -2.13. The van der Waals surface area contributed by atoms with Crippen LogP contribution in [0.3, 0.4) is 0 Å². The second-order valence-electron chi connectivity index (χ2n) is 4.93. The van der Waals surface area contributed by atoms with Gasteiger partial charge in [-0.15, -0.1) is 0 Å². The zero-order valence-corrected chi connectivity index (χ0v) is 11.1. The number of ether oxygens (including phenoxy) is 1. The summed E-state index contributed by atoms with van der Waals surface area (Å²) in [4.78, 5) is 15.1. The molecule has 1 aliphatic heterocycles. The van der Waals surface area contributed by atoms with Gasteiger partial charge in [0.25, 0.3) is 0 Å². The molecule has 0 aliphatic carbocycles. The van der Waals surface area contributed by atoms with E-state index in [-0.39, 0.29) is 12.1 Å². The Kier molecular flexibility index (Phi) is 3.48. The number of hydrogen-bond donors (Lipinski definition) is 1. The van der Waals surface area contributed by atoms with E-state index in [1.54, 1.807) is 12.3 Å². The summed E-state index contributed by atoms with van der Waals surface area (Å²) in [6, 6.07) is 7.90. The molecule has 1 N–H and O–H groups in total. The summed E-state index contributed by atoms with van der Waals surface area (Å²) in [5.74, 6) is 0.615. The van der Waals surface area contributed by atoms with Crippen molar-refractivity contribution < 1.29 is 9.53 Å². The van der Waals surface area contributed by atoms with Crippen molar-refractivity contribution in [1.82, 2.24) is 10.3 Å². The first-order valence-corrected chi connectivity index (χ1v) is 6.66. The Bertz CT molecular complexity index is 654. The standard InChI is InChI=1S/C16H16N2O2/c1-2-11-3-4-12-5-6-17-16(15(12)7-11)20-14-8-13(10-19)18-9-14/h2-7,10,13-14,18H,1,8-9H2/t13?,14-/m1/s1. The summed E-state index contributed by atoms with van der Waals surface area (Å²) in [6.07, 6.45) is 5.13. The summed E-state index contributed by atoms with van der Waals surface area (Å²) in [7, 11) is 0. The van der Waals surface area contributed by atoms with Crippen LogP contribution in [0.15, 0.2) is 37.0 Å². The molecule has 1 aromatic heterocycles. The van der Waals surface area contributed by atoms with Gasteiger partial charge in [0.05, 0.1) is 6.04 Å². The second-order valence-corrected chi connectivity index (χ2v) is 4.93. The number of aromatic nitrogens is 1. The molecule has 1 unspecified atom stereocenters. The zero-order chi connectivity index (χ0) is 13.9. The number of carbonyl (C=O) groups is 1. The molecule has 1 aliphatic rings. The monoisotopic (exact) mass is 268 g/mol. The topological polar surface area (TPSA) is 51.2 Å². The van der Waals surface area contributed by atoms with Crippen molar-refractivity contribution >= 4 is 23.1 Å². The van der Waals surface area contributed by atoms with E-state index in [1.807, 2.05) is 24.3 Å². The van der Waals surface area contributed by atoms with Crippen LogP contribution in [0.5, 0.6) is 5.88 Å². The average molecular weight is 268 g/mol. The molecule has 2 aromatic rings. The minimum Gasteiger partial charge on any atom is -0.472 e. The first-order chi connectivity index (χ1) is 9.80. The Balaban J connectivity index is 1.91. The van der Waals surface area contributed by atoms with Crippen LogP contribution in [0.4, 0.5) is 0 Å². The SMILES string of the molecule is C=Cc1ccc2ccnc(O[C@H]3CNC(C=O)C3)c2c1. The highest BCUT2D eigenvalue weighted by molar-refractivity contribution is 5.88. The second kappa shape index (κ2) is 5.43. The molecule has 0 spiro atoms. The molecule has 3 rings (SSSR count). The molecule has 1 saturated heterocycles. The molecule has 4 nitrogen and oxygen atoms in total. The van der Waals surface area contributed by atoms with E-state index >= 15 is 0 Å². The molecule has 0 radical (unpaired) electrons. The molecular weight excluding hydrogens is 252 g/mol. The van der Waals surface area contributed by atoms with Gasteiger partial charge in [0, 0.05) is 24.5 Å². The molecule has 2 atom stereocenters. The van der Waals surface area contributed by atoms with Gasteiger partial charge in [0.1, 0.15) is 12.4 Å². The smallest absolute Gasteiger partial charge is 0.221 e. The highest BCUT2D eigenvalue weighted by Crippen LogP contribution is 2.26. The van der Waals surface area contributed by atoms with Gasteiger partial charge in [0.2, 0.25) is 5.88 Å². The third kappa shape index (κ3) is 2.42. The van der Waals surface area contributed by atoms with Gasteiger partial charge >= 0.3 is 0 Å². The molecule has 20 heavy (non-hydrogen) atoms. The van der Waals surface area contributed by atoms with Gasteiger partial charge in [-0.25, -0.2) is 4.98 Å². The largest absolute Gasteiger partial charge is 0.472 e.